The van der Waals surface area contributed by atoms with Crippen LogP contribution in [-0.4, -0.2) is 17.1 Å². The molecule has 5 heteroatoms. The summed E-state index contributed by atoms with van der Waals surface area (Å²) in [6.45, 7) is 6.43. The fourth-order valence-corrected chi connectivity index (χ4v) is 2.58. The molecule has 0 saturated carbocycles. The zero-order valence-electron chi connectivity index (χ0n) is 11.3. The number of aliphatic carboxylic acids is 1. The highest BCUT2D eigenvalue weighted by molar-refractivity contribution is 9.10. The Labute approximate surface area is 127 Å². The van der Waals surface area contributed by atoms with Crippen LogP contribution in [0, 0.1) is 12.8 Å². The van der Waals surface area contributed by atoms with Crippen LogP contribution in [0.2, 0.25) is 5.02 Å². The van der Waals surface area contributed by atoms with Crippen molar-refractivity contribution in [3.63, 3.8) is 0 Å². The Morgan fingerprint density at radius 2 is 2.11 bits per heavy atom. The van der Waals surface area contributed by atoms with Gasteiger partial charge in [0.2, 0.25) is 0 Å². The zero-order valence-corrected chi connectivity index (χ0v) is 13.7. The normalized spacial score (nSPS) is 12.7. The number of rotatable bonds is 6. The van der Waals surface area contributed by atoms with Crippen molar-refractivity contribution in [3.05, 3.63) is 32.8 Å². The van der Waals surface area contributed by atoms with Crippen LogP contribution in [-0.2, 0) is 11.3 Å². The van der Waals surface area contributed by atoms with Gasteiger partial charge in [0.15, 0.2) is 0 Å². The van der Waals surface area contributed by atoms with Gasteiger partial charge in [0, 0.05) is 16.0 Å². The molecular weight excluding hydrogens is 330 g/mol. The minimum atomic E-state index is -0.817. The Hall–Kier alpha value is -0.580. The van der Waals surface area contributed by atoms with Gasteiger partial charge in [-0.05, 0) is 42.5 Å². The molecule has 0 aliphatic carbocycles. The van der Waals surface area contributed by atoms with Gasteiger partial charge in [-0.1, -0.05) is 41.4 Å². The minimum Gasteiger partial charge on any atom is -0.480 e. The first kappa shape index (κ1) is 16.5. The van der Waals surface area contributed by atoms with Crippen molar-refractivity contribution in [2.24, 2.45) is 5.92 Å². The summed E-state index contributed by atoms with van der Waals surface area (Å²) in [6, 6.07) is 3.27. The number of hydrogen-bond donors (Lipinski definition) is 2. The molecule has 0 aliphatic rings. The Bertz CT molecular complexity index is 463. The highest BCUT2D eigenvalue weighted by atomic mass is 79.9. The van der Waals surface area contributed by atoms with E-state index in [0.717, 1.165) is 15.6 Å². The summed E-state index contributed by atoms with van der Waals surface area (Å²) in [5.41, 5.74) is 1.96. The first-order valence-corrected chi connectivity index (χ1v) is 7.39. The van der Waals surface area contributed by atoms with Gasteiger partial charge in [0.25, 0.3) is 0 Å². The van der Waals surface area contributed by atoms with Crippen LogP contribution in [0.1, 0.15) is 31.4 Å². The number of aryl methyl sites for hydroxylation is 1. The number of carboxylic acids is 1. The average molecular weight is 349 g/mol. The zero-order chi connectivity index (χ0) is 14.6. The molecule has 1 rings (SSSR count). The molecule has 0 aromatic heterocycles. The number of carboxylic acid groups (broad SMARTS) is 1. The summed E-state index contributed by atoms with van der Waals surface area (Å²) >= 11 is 9.56. The van der Waals surface area contributed by atoms with Gasteiger partial charge in [-0.3, -0.25) is 4.79 Å². The van der Waals surface area contributed by atoms with E-state index in [2.05, 4.69) is 21.2 Å². The fourth-order valence-electron chi connectivity index (χ4n) is 1.80. The van der Waals surface area contributed by atoms with Crippen LogP contribution < -0.4 is 5.32 Å². The molecule has 0 saturated heterocycles. The molecule has 1 aromatic rings. The molecule has 0 aliphatic heterocycles. The van der Waals surface area contributed by atoms with E-state index in [0.29, 0.717) is 23.9 Å². The quantitative estimate of drug-likeness (QED) is 0.817. The fraction of sp³-hybridized carbons (Fsp3) is 0.500. The lowest BCUT2D eigenvalue weighted by Crippen LogP contribution is -2.37. The third-order valence-electron chi connectivity index (χ3n) is 2.87. The topological polar surface area (TPSA) is 49.3 Å². The Morgan fingerprint density at radius 1 is 1.47 bits per heavy atom. The van der Waals surface area contributed by atoms with E-state index < -0.39 is 12.0 Å². The van der Waals surface area contributed by atoms with Crippen LogP contribution in [0.15, 0.2) is 16.6 Å². The first-order valence-electron chi connectivity index (χ1n) is 6.22. The van der Waals surface area contributed by atoms with E-state index in [-0.39, 0.29) is 0 Å². The monoisotopic (exact) mass is 347 g/mol. The maximum Gasteiger partial charge on any atom is 0.320 e. The standard InChI is InChI=1S/C14H19BrClNO2/c1-8(2)4-13(14(18)19)17-7-10-6-12(16)9(3)5-11(10)15/h5-6,8,13,17H,4,7H2,1-3H3,(H,18,19). The maximum atomic E-state index is 11.2. The molecule has 0 amide bonds. The van der Waals surface area contributed by atoms with Gasteiger partial charge in [-0.2, -0.15) is 0 Å². The van der Waals surface area contributed by atoms with Gasteiger partial charge < -0.3 is 10.4 Å². The van der Waals surface area contributed by atoms with Crippen LogP contribution in [0.4, 0.5) is 0 Å². The smallest absolute Gasteiger partial charge is 0.320 e. The summed E-state index contributed by atoms with van der Waals surface area (Å²) in [5, 5.41) is 12.9. The lowest BCUT2D eigenvalue weighted by molar-refractivity contribution is -0.140. The van der Waals surface area contributed by atoms with E-state index >= 15 is 0 Å². The van der Waals surface area contributed by atoms with Crippen LogP contribution in [0.25, 0.3) is 0 Å². The van der Waals surface area contributed by atoms with Crippen molar-refractivity contribution in [3.8, 4) is 0 Å². The summed E-state index contributed by atoms with van der Waals surface area (Å²) in [4.78, 5) is 11.2. The molecule has 0 bridgehead atoms. The molecular formula is C14H19BrClNO2. The average Bonchev–Trinajstić information content (AvgIpc) is 2.29. The maximum absolute atomic E-state index is 11.2. The summed E-state index contributed by atoms with van der Waals surface area (Å²) < 4.78 is 0.940. The number of halogens is 2. The van der Waals surface area contributed by atoms with E-state index in [1.165, 1.54) is 0 Å². The second-order valence-corrected chi connectivity index (χ2v) is 6.36. The Kier molecular flexibility index (Phi) is 6.30. The molecule has 106 valence electrons. The van der Waals surface area contributed by atoms with Crippen molar-refractivity contribution in [2.75, 3.05) is 0 Å². The molecule has 0 fully saturated rings. The highest BCUT2D eigenvalue weighted by Crippen LogP contribution is 2.25. The predicted octanol–water partition coefficient (Wildman–Crippen LogP) is 4.00. The van der Waals surface area contributed by atoms with E-state index in [9.17, 15) is 4.79 Å². The number of nitrogens with one attached hydrogen (secondary N) is 1. The molecule has 0 spiro atoms. The summed E-state index contributed by atoms with van der Waals surface area (Å²) in [6.07, 6.45) is 0.604. The summed E-state index contributed by atoms with van der Waals surface area (Å²) in [7, 11) is 0. The van der Waals surface area contributed by atoms with Gasteiger partial charge in [-0.25, -0.2) is 0 Å². The Morgan fingerprint density at radius 3 is 2.63 bits per heavy atom. The van der Waals surface area contributed by atoms with Crippen molar-refractivity contribution >= 4 is 33.5 Å². The largest absolute Gasteiger partial charge is 0.480 e. The van der Waals surface area contributed by atoms with Gasteiger partial charge in [0.05, 0.1) is 0 Å². The van der Waals surface area contributed by atoms with Gasteiger partial charge in [-0.15, -0.1) is 0 Å². The second kappa shape index (κ2) is 7.27. The van der Waals surface area contributed by atoms with Crippen molar-refractivity contribution in [1.82, 2.24) is 5.32 Å². The third kappa shape index (κ3) is 5.13. The summed E-state index contributed by atoms with van der Waals surface area (Å²) in [5.74, 6) is -0.485. The number of carbonyl (C=O) groups is 1. The van der Waals surface area contributed by atoms with Crippen LogP contribution in [0.5, 0.6) is 0 Å². The molecule has 1 atom stereocenters. The van der Waals surface area contributed by atoms with Gasteiger partial charge in [0.1, 0.15) is 6.04 Å². The number of benzene rings is 1. The molecule has 19 heavy (non-hydrogen) atoms. The Balaban J connectivity index is 2.74. The lowest BCUT2D eigenvalue weighted by Gasteiger charge is -2.17. The molecule has 2 N–H and O–H groups in total. The van der Waals surface area contributed by atoms with E-state index in [4.69, 9.17) is 16.7 Å². The SMILES string of the molecule is Cc1cc(Br)c(CNC(CC(C)C)C(=O)O)cc1Cl. The third-order valence-corrected chi connectivity index (χ3v) is 4.02. The van der Waals surface area contributed by atoms with Gasteiger partial charge >= 0.3 is 5.97 Å². The number of hydrogen-bond acceptors (Lipinski definition) is 2. The van der Waals surface area contributed by atoms with E-state index in [1.807, 2.05) is 32.9 Å². The molecule has 1 unspecified atom stereocenters. The second-order valence-electron chi connectivity index (χ2n) is 5.09. The first-order chi connectivity index (χ1) is 8.81. The minimum absolute atomic E-state index is 0.332. The van der Waals surface area contributed by atoms with Crippen molar-refractivity contribution in [1.29, 1.82) is 0 Å². The van der Waals surface area contributed by atoms with Crippen molar-refractivity contribution < 1.29 is 9.90 Å². The van der Waals surface area contributed by atoms with Crippen LogP contribution in [0.3, 0.4) is 0 Å². The molecule has 1 aromatic carbocycles. The van der Waals surface area contributed by atoms with Crippen molar-refractivity contribution in [2.45, 2.75) is 39.8 Å². The van der Waals surface area contributed by atoms with E-state index in [1.54, 1.807) is 0 Å². The molecule has 3 nitrogen and oxygen atoms in total. The highest BCUT2D eigenvalue weighted by Gasteiger charge is 2.18. The van der Waals surface area contributed by atoms with Crippen LogP contribution >= 0.6 is 27.5 Å². The lowest BCUT2D eigenvalue weighted by atomic mass is 10.0. The molecule has 0 radical (unpaired) electrons. The molecule has 0 heterocycles. The predicted molar refractivity (Wildman–Crippen MR) is 81.6 cm³/mol.